The first-order valence-electron chi connectivity index (χ1n) is 7.93. The highest BCUT2D eigenvalue weighted by Crippen LogP contribution is 2.27. The zero-order valence-electron chi connectivity index (χ0n) is 15.0. The first kappa shape index (κ1) is 18.4. The molecular weight excluding hydrogens is 320 g/mol. The molecule has 0 saturated carbocycles. The van der Waals surface area contributed by atoms with Crippen molar-refractivity contribution < 1.29 is 19.0 Å². The lowest BCUT2D eigenvalue weighted by Crippen LogP contribution is -2.29. The molecular formula is C19H24N2O4. The van der Waals surface area contributed by atoms with Crippen LogP contribution in [0.1, 0.15) is 11.1 Å². The van der Waals surface area contributed by atoms with Gasteiger partial charge < -0.3 is 24.8 Å². The SMILES string of the molecule is COc1ccc(C)cc1NCC(=O)NCc1ccc(OC)c(OC)c1. The molecule has 0 spiro atoms. The first-order valence-corrected chi connectivity index (χ1v) is 7.93. The number of carbonyl (C=O) groups excluding carboxylic acids is 1. The number of ether oxygens (including phenoxy) is 3. The van der Waals surface area contributed by atoms with Crippen molar-refractivity contribution in [3.8, 4) is 17.2 Å². The molecule has 0 saturated heterocycles. The summed E-state index contributed by atoms with van der Waals surface area (Å²) >= 11 is 0. The lowest BCUT2D eigenvalue weighted by Gasteiger charge is -2.13. The number of benzene rings is 2. The number of methoxy groups -OCH3 is 3. The highest BCUT2D eigenvalue weighted by atomic mass is 16.5. The van der Waals surface area contributed by atoms with E-state index in [0.717, 1.165) is 16.8 Å². The number of nitrogens with one attached hydrogen (secondary N) is 2. The molecule has 0 atom stereocenters. The van der Waals surface area contributed by atoms with Gasteiger partial charge in [0.1, 0.15) is 5.75 Å². The maximum Gasteiger partial charge on any atom is 0.239 e. The van der Waals surface area contributed by atoms with E-state index in [-0.39, 0.29) is 12.5 Å². The molecule has 2 aromatic rings. The van der Waals surface area contributed by atoms with Gasteiger partial charge in [0.05, 0.1) is 33.6 Å². The third-order valence-electron chi connectivity index (χ3n) is 3.73. The predicted octanol–water partition coefficient (Wildman–Crippen LogP) is 2.75. The second-order valence-electron chi connectivity index (χ2n) is 5.52. The molecule has 0 aliphatic rings. The number of carbonyl (C=O) groups is 1. The number of rotatable bonds is 8. The zero-order chi connectivity index (χ0) is 18.2. The van der Waals surface area contributed by atoms with Crippen molar-refractivity contribution in [1.29, 1.82) is 0 Å². The average Bonchev–Trinajstić information content (AvgIpc) is 2.64. The predicted molar refractivity (Wildman–Crippen MR) is 97.6 cm³/mol. The van der Waals surface area contributed by atoms with Gasteiger partial charge in [-0.2, -0.15) is 0 Å². The lowest BCUT2D eigenvalue weighted by atomic mass is 10.2. The van der Waals surface area contributed by atoms with Crippen molar-refractivity contribution in [2.24, 2.45) is 0 Å². The van der Waals surface area contributed by atoms with Crippen molar-refractivity contribution in [2.75, 3.05) is 33.2 Å². The average molecular weight is 344 g/mol. The monoisotopic (exact) mass is 344 g/mol. The van der Waals surface area contributed by atoms with E-state index in [1.54, 1.807) is 21.3 Å². The molecule has 2 N–H and O–H groups in total. The summed E-state index contributed by atoms with van der Waals surface area (Å²) in [5.41, 5.74) is 2.82. The molecule has 1 amide bonds. The van der Waals surface area contributed by atoms with E-state index in [4.69, 9.17) is 14.2 Å². The van der Waals surface area contributed by atoms with E-state index < -0.39 is 0 Å². The van der Waals surface area contributed by atoms with Crippen LogP contribution in [0.5, 0.6) is 17.2 Å². The van der Waals surface area contributed by atoms with Gasteiger partial charge in [-0.1, -0.05) is 12.1 Å². The molecule has 6 nitrogen and oxygen atoms in total. The molecule has 0 aromatic heterocycles. The Hall–Kier alpha value is -2.89. The maximum atomic E-state index is 12.1. The highest BCUT2D eigenvalue weighted by molar-refractivity contribution is 5.81. The topological polar surface area (TPSA) is 68.8 Å². The van der Waals surface area contributed by atoms with Crippen LogP contribution in [-0.2, 0) is 11.3 Å². The van der Waals surface area contributed by atoms with Gasteiger partial charge in [-0.15, -0.1) is 0 Å². The molecule has 0 heterocycles. The van der Waals surface area contributed by atoms with Gasteiger partial charge in [-0.3, -0.25) is 4.79 Å². The summed E-state index contributed by atoms with van der Waals surface area (Å²) < 4.78 is 15.8. The fourth-order valence-corrected chi connectivity index (χ4v) is 2.39. The molecule has 0 aliphatic carbocycles. The smallest absolute Gasteiger partial charge is 0.239 e. The Morgan fingerprint density at radius 3 is 2.28 bits per heavy atom. The summed E-state index contributed by atoms with van der Waals surface area (Å²) in [7, 11) is 4.77. The second kappa shape index (κ2) is 8.82. The Balaban J connectivity index is 1.90. The van der Waals surface area contributed by atoms with E-state index in [1.807, 2.05) is 43.3 Å². The normalized spacial score (nSPS) is 10.1. The van der Waals surface area contributed by atoms with Crippen LogP contribution in [0, 0.1) is 6.92 Å². The molecule has 0 bridgehead atoms. The maximum absolute atomic E-state index is 12.1. The molecule has 0 aliphatic heterocycles. The molecule has 0 unspecified atom stereocenters. The summed E-state index contributed by atoms with van der Waals surface area (Å²) in [4.78, 5) is 12.1. The van der Waals surface area contributed by atoms with Crippen LogP contribution in [0.2, 0.25) is 0 Å². The third-order valence-corrected chi connectivity index (χ3v) is 3.73. The largest absolute Gasteiger partial charge is 0.495 e. The van der Waals surface area contributed by atoms with Crippen molar-refractivity contribution >= 4 is 11.6 Å². The highest BCUT2D eigenvalue weighted by Gasteiger charge is 2.08. The lowest BCUT2D eigenvalue weighted by molar-refractivity contribution is -0.119. The molecule has 2 aromatic carbocycles. The van der Waals surface area contributed by atoms with Crippen LogP contribution in [0.3, 0.4) is 0 Å². The van der Waals surface area contributed by atoms with Crippen LogP contribution in [-0.4, -0.2) is 33.8 Å². The van der Waals surface area contributed by atoms with Crippen LogP contribution >= 0.6 is 0 Å². The van der Waals surface area contributed by atoms with Crippen LogP contribution in [0.4, 0.5) is 5.69 Å². The number of amides is 1. The molecule has 2 rings (SSSR count). The second-order valence-corrected chi connectivity index (χ2v) is 5.52. The van der Waals surface area contributed by atoms with E-state index in [2.05, 4.69) is 10.6 Å². The fourth-order valence-electron chi connectivity index (χ4n) is 2.39. The quantitative estimate of drug-likeness (QED) is 0.771. The van der Waals surface area contributed by atoms with Gasteiger partial charge in [0, 0.05) is 6.54 Å². The van der Waals surface area contributed by atoms with Crippen molar-refractivity contribution in [2.45, 2.75) is 13.5 Å². The molecule has 134 valence electrons. The third kappa shape index (κ3) is 5.04. The van der Waals surface area contributed by atoms with Gasteiger partial charge in [-0.05, 0) is 42.3 Å². The van der Waals surface area contributed by atoms with E-state index in [9.17, 15) is 4.79 Å². The minimum absolute atomic E-state index is 0.113. The van der Waals surface area contributed by atoms with Crippen molar-refractivity contribution in [3.63, 3.8) is 0 Å². The summed E-state index contributed by atoms with van der Waals surface area (Å²) in [5.74, 6) is 1.89. The minimum Gasteiger partial charge on any atom is -0.495 e. The van der Waals surface area contributed by atoms with Gasteiger partial charge >= 0.3 is 0 Å². The van der Waals surface area contributed by atoms with Crippen LogP contribution < -0.4 is 24.8 Å². The Bertz CT molecular complexity index is 731. The van der Waals surface area contributed by atoms with Crippen molar-refractivity contribution in [1.82, 2.24) is 5.32 Å². The number of hydrogen-bond acceptors (Lipinski definition) is 5. The summed E-state index contributed by atoms with van der Waals surface area (Å²) in [5, 5.41) is 5.97. The Labute approximate surface area is 148 Å². The fraction of sp³-hybridized carbons (Fsp3) is 0.316. The zero-order valence-corrected chi connectivity index (χ0v) is 15.0. The number of anilines is 1. The standard InChI is InChI=1S/C19H24N2O4/c1-13-5-7-16(23-2)15(9-13)20-12-19(22)21-11-14-6-8-17(24-3)18(10-14)25-4/h5-10,20H,11-12H2,1-4H3,(H,21,22). The summed E-state index contributed by atoms with van der Waals surface area (Å²) in [6.07, 6.45) is 0. The van der Waals surface area contributed by atoms with Gasteiger partial charge in [0.15, 0.2) is 11.5 Å². The minimum atomic E-state index is -0.113. The Morgan fingerprint density at radius 2 is 1.60 bits per heavy atom. The molecule has 6 heteroatoms. The van der Waals surface area contributed by atoms with Crippen LogP contribution in [0.25, 0.3) is 0 Å². The summed E-state index contributed by atoms with van der Waals surface area (Å²) in [6, 6.07) is 11.3. The molecule has 25 heavy (non-hydrogen) atoms. The van der Waals surface area contributed by atoms with Gasteiger partial charge in [-0.25, -0.2) is 0 Å². The van der Waals surface area contributed by atoms with E-state index in [1.165, 1.54) is 0 Å². The molecule has 0 fully saturated rings. The summed E-state index contributed by atoms with van der Waals surface area (Å²) in [6.45, 7) is 2.56. The van der Waals surface area contributed by atoms with E-state index >= 15 is 0 Å². The van der Waals surface area contributed by atoms with E-state index in [0.29, 0.717) is 23.8 Å². The Kier molecular flexibility index (Phi) is 6.51. The Morgan fingerprint density at radius 1 is 0.920 bits per heavy atom. The number of aryl methyl sites for hydroxylation is 1. The van der Waals surface area contributed by atoms with Gasteiger partial charge in [0.2, 0.25) is 5.91 Å². The van der Waals surface area contributed by atoms with Gasteiger partial charge in [0.25, 0.3) is 0 Å². The number of hydrogen-bond donors (Lipinski definition) is 2. The van der Waals surface area contributed by atoms with Crippen molar-refractivity contribution in [3.05, 3.63) is 47.5 Å². The molecule has 0 radical (unpaired) electrons. The van der Waals surface area contributed by atoms with Crippen LogP contribution in [0.15, 0.2) is 36.4 Å². The first-order chi connectivity index (χ1) is 12.1.